The highest BCUT2D eigenvalue weighted by Gasteiger charge is 2.44. The summed E-state index contributed by atoms with van der Waals surface area (Å²) in [5.74, 6) is 1.25. The third-order valence-electron chi connectivity index (χ3n) is 6.00. The first-order valence-corrected chi connectivity index (χ1v) is 9.87. The first-order chi connectivity index (χ1) is 11.3. The minimum atomic E-state index is -0.458. The van der Waals surface area contributed by atoms with Crippen LogP contribution >= 0.6 is 0 Å². The molecule has 0 radical (unpaired) electrons. The molecule has 0 N–H and O–H groups in total. The average molecular weight is 335 g/mol. The maximum atomic E-state index is 12.8. The number of ketones is 1. The normalized spacial score (nSPS) is 31.1. The Labute approximate surface area is 146 Å². The number of hydrogen-bond acceptors (Lipinski definition) is 3. The van der Waals surface area contributed by atoms with Crippen molar-refractivity contribution in [1.82, 2.24) is 4.90 Å². The topological polar surface area (TPSA) is 46.6 Å². The van der Waals surface area contributed by atoms with E-state index in [0.717, 1.165) is 38.5 Å². The lowest BCUT2D eigenvalue weighted by Crippen LogP contribution is -2.56. The molecule has 2 aliphatic heterocycles. The predicted octanol–water partition coefficient (Wildman–Crippen LogP) is 4.70. The largest absolute Gasteiger partial charge is 0.444 e. The molecule has 4 heteroatoms. The quantitative estimate of drug-likeness (QED) is 0.751. The van der Waals surface area contributed by atoms with Gasteiger partial charge in [-0.1, -0.05) is 25.7 Å². The van der Waals surface area contributed by atoms with Crippen LogP contribution in [0.5, 0.6) is 0 Å². The van der Waals surface area contributed by atoms with Crippen LogP contribution in [0.15, 0.2) is 0 Å². The van der Waals surface area contributed by atoms with Crippen molar-refractivity contribution in [3.05, 3.63) is 0 Å². The number of Topliss-reactive ketones (excluding diaryl/α,β-unsaturated/α-hetero) is 1. The van der Waals surface area contributed by atoms with Crippen molar-refractivity contribution in [1.29, 1.82) is 0 Å². The molecule has 0 aromatic rings. The molecule has 3 fully saturated rings. The van der Waals surface area contributed by atoms with E-state index in [0.29, 0.717) is 11.7 Å². The summed E-state index contributed by atoms with van der Waals surface area (Å²) < 4.78 is 5.62. The number of hydrogen-bond donors (Lipinski definition) is 0. The van der Waals surface area contributed by atoms with Crippen molar-refractivity contribution in [2.45, 2.75) is 103 Å². The zero-order chi connectivity index (χ0) is 17.3. The van der Waals surface area contributed by atoms with Gasteiger partial charge in [-0.15, -0.1) is 0 Å². The molecule has 3 rings (SSSR count). The SMILES string of the molecule is CC(C)(C)OC(=O)N1C2CCCC1CC(C(=O)CC1CCCC1)C2. The molecular formula is C20H33NO3. The molecule has 1 saturated carbocycles. The summed E-state index contributed by atoms with van der Waals surface area (Å²) in [6.45, 7) is 5.75. The number of fused-ring (bicyclic) bond motifs is 2. The number of rotatable bonds is 3. The smallest absolute Gasteiger partial charge is 0.410 e. The van der Waals surface area contributed by atoms with Crippen LogP contribution in [0.25, 0.3) is 0 Å². The number of piperidine rings is 2. The number of nitrogens with zero attached hydrogens (tertiary/aromatic N) is 1. The van der Waals surface area contributed by atoms with E-state index in [9.17, 15) is 9.59 Å². The van der Waals surface area contributed by atoms with Crippen LogP contribution in [-0.4, -0.2) is 34.5 Å². The Bertz CT molecular complexity index is 462. The second-order valence-corrected chi connectivity index (χ2v) is 9.12. The number of carbonyl (C=O) groups is 2. The molecule has 0 spiro atoms. The maximum absolute atomic E-state index is 12.8. The summed E-state index contributed by atoms with van der Waals surface area (Å²) >= 11 is 0. The van der Waals surface area contributed by atoms with Gasteiger partial charge in [-0.3, -0.25) is 4.79 Å². The molecule has 4 nitrogen and oxygen atoms in total. The van der Waals surface area contributed by atoms with Gasteiger partial charge in [0.1, 0.15) is 11.4 Å². The molecule has 0 aromatic heterocycles. The van der Waals surface area contributed by atoms with Crippen molar-refractivity contribution < 1.29 is 14.3 Å². The molecule has 2 unspecified atom stereocenters. The fourth-order valence-electron chi connectivity index (χ4n) is 4.92. The van der Waals surface area contributed by atoms with Crippen LogP contribution in [0.3, 0.4) is 0 Å². The Kier molecular flexibility index (Phi) is 5.22. The van der Waals surface area contributed by atoms with Crippen molar-refractivity contribution in [3.8, 4) is 0 Å². The van der Waals surface area contributed by atoms with E-state index < -0.39 is 5.60 Å². The molecule has 2 atom stereocenters. The zero-order valence-corrected chi connectivity index (χ0v) is 15.6. The Hall–Kier alpha value is -1.06. The van der Waals surface area contributed by atoms with Crippen LogP contribution in [0.4, 0.5) is 4.79 Å². The summed E-state index contributed by atoms with van der Waals surface area (Å²) in [6, 6.07) is 0.398. The summed E-state index contributed by atoms with van der Waals surface area (Å²) in [6.07, 6.45) is 10.5. The number of ether oxygens (including phenoxy) is 1. The third-order valence-corrected chi connectivity index (χ3v) is 6.00. The van der Waals surface area contributed by atoms with Gasteiger partial charge in [0.05, 0.1) is 0 Å². The molecule has 136 valence electrons. The Morgan fingerprint density at radius 1 is 0.958 bits per heavy atom. The molecule has 2 saturated heterocycles. The van der Waals surface area contributed by atoms with Gasteiger partial charge in [0.2, 0.25) is 0 Å². The molecule has 3 aliphatic rings. The minimum absolute atomic E-state index is 0.166. The van der Waals surface area contributed by atoms with Crippen molar-refractivity contribution in [2.24, 2.45) is 11.8 Å². The Balaban J connectivity index is 1.62. The van der Waals surface area contributed by atoms with Crippen molar-refractivity contribution >= 4 is 11.9 Å². The van der Waals surface area contributed by atoms with Gasteiger partial charge in [-0.05, 0) is 58.8 Å². The van der Waals surface area contributed by atoms with Gasteiger partial charge in [0.25, 0.3) is 0 Å². The van der Waals surface area contributed by atoms with Gasteiger partial charge >= 0.3 is 6.09 Å². The molecule has 2 bridgehead atoms. The van der Waals surface area contributed by atoms with Gasteiger partial charge < -0.3 is 9.64 Å². The Morgan fingerprint density at radius 2 is 1.54 bits per heavy atom. The van der Waals surface area contributed by atoms with Crippen molar-refractivity contribution in [3.63, 3.8) is 0 Å². The molecule has 24 heavy (non-hydrogen) atoms. The highest BCUT2D eigenvalue weighted by Crippen LogP contribution is 2.39. The maximum Gasteiger partial charge on any atom is 0.410 e. The van der Waals surface area contributed by atoms with Crippen LogP contribution < -0.4 is 0 Å². The monoisotopic (exact) mass is 335 g/mol. The molecule has 2 heterocycles. The fourth-order valence-corrected chi connectivity index (χ4v) is 4.92. The molecular weight excluding hydrogens is 302 g/mol. The molecule has 1 aliphatic carbocycles. The first kappa shape index (κ1) is 17.8. The summed E-state index contributed by atoms with van der Waals surface area (Å²) in [5, 5.41) is 0. The minimum Gasteiger partial charge on any atom is -0.444 e. The van der Waals surface area contributed by atoms with Crippen LogP contribution in [-0.2, 0) is 9.53 Å². The van der Waals surface area contributed by atoms with Crippen LogP contribution in [0.1, 0.15) is 85.0 Å². The van der Waals surface area contributed by atoms with Gasteiger partial charge in [-0.2, -0.15) is 0 Å². The van der Waals surface area contributed by atoms with E-state index in [-0.39, 0.29) is 24.1 Å². The van der Waals surface area contributed by atoms with Gasteiger partial charge in [0.15, 0.2) is 0 Å². The summed E-state index contributed by atoms with van der Waals surface area (Å²) in [4.78, 5) is 27.3. The predicted molar refractivity (Wildman–Crippen MR) is 93.8 cm³/mol. The van der Waals surface area contributed by atoms with E-state index in [1.807, 2.05) is 25.7 Å². The highest BCUT2D eigenvalue weighted by atomic mass is 16.6. The second-order valence-electron chi connectivity index (χ2n) is 9.12. The van der Waals surface area contributed by atoms with E-state index in [4.69, 9.17) is 4.74 Å². The lowest BCUT2D eigenvalue weighted by molar-refractivity contribution is -0.128. The van der Waals surface area contributed by atoms with Crippen molar-refractivity contribution in [2.75, 3.05) is 0 Å². The first-order valence-electron chi connectivity index (χ1n) is 9.87. The van der Waals surface area contributed by atoms with E-state index >= 15 is 0 Å². The molecule has 0 aromatic carbocycles. The lowest BCUT2D eigenvalue weighted by atomic mass is 9.75. The summed E-state index contributed by atoms with van der Waals surface area (Å²) in [5.41, 5.74) is -0.458. The van der Waals surface area contributed by atoms with Gasteiger partial charge in [-0.25, -0.2) is 4.79 Å². The fraction of sp³-hybridized carbons (Fsp3) is 0.900. The van der Waals surface area contributed by atoms with E-state index in [1.165, 1.54) is 25.7 Å². The lowest BCUT2D eigenvalue weighted by Gasteiger charge is -2.48. The van der Waals surface area contributed by atoms with E-state index in [2.05, 4.69) is 0 Å². The average Bonchev–Trinajstić information content (AvgIpc) is 2.96. The van der Waals surface area contributed by atoms with E-state index in [1.54, 1.807) is 0 Å². The second kappa shape index (κ2) is 7.05. The zero-order valence-electron chi connectivity index (χ0n) is 15.6. The number of carbonyl (C=O) groups excluding carboxylic acids is 2. The number of amides is 1. The van der Waals surface area contributed by atoms with Gasteiger partial charge in [0, 0.05) is 24.4 Å². The molecule has 1 amide bonds. The third kappa shape index (κ3) is 4.12. The standard InChI is InChI=1S/C20H33NO3/c1-20(2,3)24-19(23)21-16-9-6-10-17(21)13-15(12-16)18(22)11-14-7-4-5-8-14/h14-17H,4-13H2,1-3H3. The highest BCUT2D eigenvalue weighted by molar-refractivity contribution is 5.82. The Morgan fingerprint density at radius 3 is 2.08 bits per heavy atom. The summed E-state index contributed by atoms with van der Waals surface area (Å²) in [7, 11) is 0. The van der Waals surface area contributed by atoms with Crippen LogP contribution in [0.2, 0.25) is 0 Å². The van der Waals surface area contributed by atoms with Crippen LogP contribution in [0, 0.1) is 11.8 Å².